The van der Waals surface area contributed by atoms with Crippen LogP contribution >= 0.6 is 0 Å². The Labute approximate surface area is 220 Å². The van der Waals surface area contributed by atoms with Gasteiger partial charge in [-0.15, -0.1) is 0 Å². The van der Waals surface area contributed by atoms with Crippen molar-refractivity contribution in [1.29, 1.82) is 0 Å². The highest BCUT2D eigenvalue weighted by molar-refractivity contribution is 6.46. The number of aliphatic hydroxyl groups excluding tert-OH is 1. The molecule has 1 aromatic heterocycles. The zero-order chi connectivity index (χ0) is 26.5. The van der Waals surface area contributed by atoms with E-state index in [0.29, 0.717) is 35.0 Å². The number of nitrogens with zero attached hydrogens (tertiary/aromatic N) is 2. The molecule has 1 aliphatic rings. The first kappa shape index (κ1) is 24.8. The van der Waals surface area contributed by atoms with Gasteiger partial charge in [0.05, 0.1) is 18.2 Å². The molecule has 7 nitrogen and oxygen atoms in total. The molecule has 1 aliphatic heterocycles. The van der Waals surface area contributed by atoms with E-state index in [2.05, 4.69) is 4.98 Å². The van der Waals surface area contributed by atoms with E-state index in [-0.39, 0.29) is 17.9 Å². The van der Waals surface area contributed by atoms with Crippen molar-refractivity contribution >= 4 is 17.4 Å². The van der Waals surface area contributed by atoms with Crippen LogP contribution in [0.4, 0.5) is 0 Å². The Morgan fingerprint density at radius 3 is 2.37 bits per heavy atom. The van der Waals surface area contributed by atoms with Gasteiger partial charge in [0.2, 0.25) is 0 Å². The molecule has 0 bridgehead atoms. The molecule has 0 aliphatic carbocycles. The second kappa shape index (κ2) is 11.0. The number of likely N-dealkylation sites (tertiary alicyclic amines) is 1. The third-order valence-electron chi connectivity index (χ3n) is 6.21. The van der Waals surface area contributed by atoms with Gasteiger partial charge in [-0.05, 0) is 72.6 Å². The van der Waals surface area contributed by atoms with Gasteiger partial charge in [0, 0.05) is 24.5 Å². The molecule has 0 radical (unpaired) electrons. The predicted octanol–water partition coefficient (Wildman–Crippen LogP) is 5.89. The highest BCUT2D eigenvalue weighted by Gasteiger charge is 2.46. The Balaban J connectivity index is 1.59. The number of carbonyl (C=O) groups is 2. The van der Waals surface area contributed by atoms with E-state index in [1.165, 1.54) is 4.90 Å². The third-order valence-corrected chi connectivity index (χ3v) is 6.21. The number of hydrogen-bond donors (Lipinski definition) is 1. The van der Waals surface area contributed by atoms with E-state index < -0.39 is 17.7 Å². The van der Waals surface area contributed by atoms with E-state index in [9.17, 15) is 14.7 Å². The number of para-hydroxylation sites is 1. The van der Waals surface area contributed by atoms with Gasteiger partial charge in [0.25, 0.3) is 11.7 Å². The lowest BCUT2D eigenvalue weighted by atomic mass is 9.95. The third kappa shape index (κ3) is 5.13. The van der Waals surface area contributed by atoms with Crippen molar-refractivity contribution in [3.8, 4) is 17.2 Å². The summed E-state index contributed by atoms with van der Waals surface area (Å²) in [4.78, 5) is 32.3. The summed E-state index contributed by atoms with van der Waals surface area (Å²) in [6.07, 6.45) is 3.29. The molecule has 1 N–H and O–H groups in total. The fraction of sp³-hybridized carbons (Fsp3) is 0.129. The van der Waals surface area contributed by atoms with Crippen LogP contribution in [0.5, 0.6) is 17.2 Å². The van der Waals surface area contributed by atoms with Gasteiger partial charge in [-0.1, -0.05) is 36.4 Å². The summed E-state index contributed by atoms with van der Waals surface area (Å²) >= 11 is 0. The van der Waals surface area contributed by atoms with Crippen molar-refractivity contribution in [3.05, 3.63) is 126 Å². The minimum Gasteiger partial charge on any atom is -0.507 e. The first-order valence-electron chi connectivity index (χ1n) is 12.3. The van der Waals surface area contributed by atoms with Crippen LogP contribution in [0.3, 0.4) is 0 Å². The van der Waals surface area contributed by atoms with Crippen molar-refractivity contribution < 1.29 is 24.2 Å². The van der Waals surface area contributed by atoms with Crippen LogP contribution in [-0.4, -0.2) is 33.3 Å². The molecule has 3 aromatic carbocycles. The van der Waals surface area contributed by atoms with Gasteiger partial charge >= 0.3 is 0 Å². The van der Waals surface area contributed by atoms with Crippen LogP contribution in [-0.2, 0) is 16.1 Å². The maximum atomic E-state index is 13.4. The molecular weight excluding hydrogens is 480 g/mol. The lowest BCUT2D eigenvalue weighted by Gasteiger charge is -2.25. The number of rotatable bonds is 8. The van der Waals surface area contributed by atoms with Crippen LogP contribution < -0.4 is 9.47 Å². The average molecular weight is 507 g/mol. The summed E-state index contributed by atoms with van der Waals surface area (Å²) in [5, 5.41) is 11.3. The first-order valence-corrected chi connectivity index (χ1v) is 12.3. The van der Waals surface area contributed by atoms with Crippen LogP contribution in [0.25, 0.3) is 5.76 Å². The molecule has 38 heavy (non-hydrogen) atoms. The van der Waals surface area contributed by atoms with E-state index in [0.717, 1.165) is 5.56 Å². The van der Waals surface area contributed by atoms with Crippen molar-refractivity contribution in [2.45, 2.75) is 19.5 Å². The normalized spacial score (nSPS) is 16.4. The number of ether oxygens (including phenoxy) is 2. The Bertz CT molecular complexity index is 1470. The second-order valence-electron chi connectivity index (χ2n) is 8.73. The van der Waals surface area contributed by atoms with Gasteiger partial charge in [0.15, 0.2) is 0 Å². The molecule has 7 heteroatoms. The van der Waals surface area contributed by atoms with Crippen LogP contribution in [0.2, 0.25) is 0 Å². The summed E-state index contributed by atoms with van der Waals surface area (Å²) in [6.45, 7) is 2.53. The molecule has 5 rings (SSSR count). The topological polar surface area (TPSA) is 89.0 Å². The number of aromatic nitrogens is 1. The molecule has 0 saturated carbocycles. The van der Waals surface area contributed by atoms with Crippen LogP contribution in [0, 0.1) is 0 Å². The smallest absolute Gasteiger partial charge is 0.295 e. The Morgan fingerprint density at radius 2 is 1.66 bits per heavy atom. The Kier molecular flexibility index (Phi) is 7.17. The number of pyridine rings is 1. The summed E-state index contributed by atoms with van der Waals surface area (Å²) in [5.74, 6) is 0.147. The van der Waals surface area contributed by atoms with E-state index in [1.54, 1.807) is 60.9 Å². The molecule has 1 unspecified atom stereocenters. The van der Waals surface area contributed by atoms with Crippen LogP contribution in [0.15, 0.2) is 109 Å². The number of Topliss-reactive ketones (excluding diaryl/α,β-unsaturated/α-hetero) is 1. The van der Waals surface area contributed by atoms with E-state index >= 15 is 0 Å². The minimum absolute atomic E-state index is 0.0138. The van der Waals surface area contributed by atoms with Gasteiger partial charge in [-0.2, -0.15) is 0 Å². The molecule has 1 amide bonds. The lowest BCUT2D eigenvalue weighted by Crippen LogP contribution is -2.29. The summed E-state index contributed by atoms with van der Waals surface area (Å²) in [6, 6.07) is 26.1. The van der Waals surface area contributed by atoms with Crippen LogP contribution in [0.1, 0.15) is 29.7 Å². The standard InChI is InChI=1S/C31H26N2O5/c1-2-37-24-15-13-22(14-16-24)29(34)27-28(33(31(36)30(27)35)20-21-8-7-17-32-19-21)23-9-6-12-26(18-23)38-25-10-4-3-5-11-25/h3-19,28,34H,2,20H2,1H3/b29-27-. The molecule has 1 saturated heterocycles. The molecule has 1 atom stereocenters. The molecule has 4 aromatic rings. The minimum atomic E-state index is -0.832. The molecule has 0 spiro atoms. The zero-order valence-corrected chi connectivity index (χ0v) is 20.8. The quantitative estimate of drug-likeness (QED) is 0.182. The monoisotopic (exact) mass is 506 g/mol. The molecule has 2 heterocycles. The summed E-state index contributed by atoms with van der Waals surface area (Å²) < 4.78 is 11.5. The van der Waals surface area contributed by atoms with Gasteiger partial charge < -0.3 is 19.5 Å². The number of ketones is 1. The lowest BCUT2D eigenvalue weighted by molar-refractivity contribution is -0.140. The van der Waals surface area contributed by atoms with Gasteiger partial charge in [-0.3, -0.25) is 14.6 Å². The van der Waals surface area contributed by atoms with Crippen molar-refractivity contribution in [2.75, 3.05) is 6.61 Å². The fourth-order valence-corrected chi connectivity index (χ4v) is 4.48. The average Bonchev–Trinajstić information content (AvgIpc) is 3.19. The van der Waals surface area contributed by atoms with Crippen molar-refractivity contribution in [1.82, 2.24) is 9.88 Å². The highest BCUT2D eigenvalue weighted by Crippen LogP contribution is 2.41. The number of aliphatic hydroxyl groups is 1. The van der Waals surface area contributed by atoms with Crippen molar-refractivity contribution in [2.24, 2.45) is 0 Å². The molecular formula is C31H26N2O5. The fourth-order valence-electron chi connectivity index (χ4n) is 4.48. The predicted molar refractivity (Wildman–Crippen MR) is 143 cm³/mol. The largest absolute Gasteiger partial charge is 0.507 e. The maximum absolute atomic E-state index is 13.4. The number of amides is 1. The highest BCUT2D eigenvalue weighted by atomic mass is 16.5. The second-order valence-corrected chi connectivity index (χ2v) is 8.73. The molecule has 190 valence electrons. The van der Waals surface area contributed by atoms with Gasteiger partial charge in [-0.25, -0.2) is 0 Å². The maximum Gasteiger partial charge on any atom is 0.295 e. The Morgan fingerprint density at radius 1 is 0.895 bits per heavy atom. The Hall–Kier alpha value is -4.91. The zero-order valence-electron chi connectivity index (χ0n) is 20.8. The summed E-state index contributed by atoms with van der Waals surface area (Å²) in [7, 11) is 0. The number of benzene rings is 3. The van der Waals surface area contributed by atoms with Gasteiger partial charge in [0.1, 0.15) is 23.0 Å². The van der Waals surface area contributed by atoms with E-state index in [1.807, 2.05) is 49.4 Å². The molecule has 1 fully saturated rings. The number of carbonyl (C=O) groups excluding carboxylic acids is 2. The summed E-state index contributed by atoms with van der Waals surface area (Å²) in [5.41, 5.74) is 1.82. The van der Waals surface area contributed by atoms with Crippen molar-refractivity contribution in [3.63, 3.8) is 0 Å². The van der Waals surface area contributed by atoms with E-state index in [4.69, 9.17) is 9.47 Å². The number of hydrogen-bond acceptors (Lipinski definition) is 6. The SMILES string of the molecule is CCOc1ccc(/C(O)=C2/C(=O)C(=O)N(Cc3cccnc3)C2c2cccc(Oc3ccccc3)c2)cc1. The first-order chi connectivity index (χ1) is 18.5.